The molecule has 1 aliphatic heterocycles. The lowest BCUT2D eigenvalue weighted by atomic mass is 9.97. The van der Waals surface area contributed by atoms with Gasteiger partial charge >= 0.3 is 0 Å². The molecule has 0 bridgehead atoms. The molecule has 8 nitrogen and oxygen atoms in total. The number of unbranched alkanes of at least 4 members (excludes halogenated alkanes) is 1. The van der Waals surface area contributed by atoms with E-state index in [1.165, 1.54) is 24.7 Å². The van der Waals surface area contributed by atoms with Crippen molar-refractivity contribution >= 4 is 17.4 Å². The van der Waals surface area contributed by atoms with Crippen LogP contribution in [0.4, 0.5) is 11.5 Å². The van der Waals surface area contributed by atoms with Crippen LogP contribution in [0.15, 0.2) is 49.1 Å². The van der Waals surface area contributed by atoms with Crippen molar-refractivity contribution in [1.29, 1.82) is 0 Å². The lowest BCUT2D eigenvalue weighted by molar-refractivity contribution is -0.120. The smallest absolute Gasteiger partial charge is 0.229 e. The van der Waals surface area contributed by atoms with Gasteiger partial charge in [-0.25, -0.2) is 9.67 Å². The molecule has 156 valence electrons. The number of nitrogens with zero attached hydrogens (tertiary/aromatic N) is 6. The van der Waals surface area contributed by atoms with Crippen molar-refractivity contribution in [2.75, 3.05) is 23.3 Å². The fourth-order valence-electron chi connectivity index (χ4n) is 3.71. The van der Waals surface area contributed by atoms with Crippen LogP contribution in [0.25, 0.3) is 5.82 Å². The number of hydrogen-bond donors (Lipinski definition) is 1. The molecule has 3 heterocycles. The molecule has 0 spiro atoms. The zero-order valence-electron chi connectivity index (χ0n) is 17.2. The zero-order chi connectivity index (χ0) is 20.8. The van der Waals surface area contributed by atoms with Gasteiger partial charge in [-0.05, 0) is 55.5 Å². The highest BCUT2D eigenvalue weighted by molar-refractivity contribution is 5.93. The number of nitrogens with one attached hydrogen (secondary N) is 1. The standard InChI is InChI=1S/C22H27N7O/c1-2-3-5-17-7-9-19(10-8-17)25-22(30)18-6-4-13-28(14-18)20-11-12-21(27-26-20)29-16-23-15-24-29/h7-12,15-16,18H,2-6,13-14H2,1H3,(H,25,30). The Kier molecular flexibility index (Phi) is 6.32. The Morgan fingerprint density at radius 3 is 2.63 bits per heavy atom. The van der Waals surface area contributed by atoms with Crippen molar-refractivity contribution in [1.82, 2.24) is 25.0 Å². The third kappa shape index (κ3) is 4.82. The summed E-state index contributed by atoms with van der Waals surface area (Å²) in [6.07, 6.45) is 8.32. The highest BCUT2D eigenvalue weighted by atomic mass is 16.1. The molecule has 1 atom stereocenters. The molecule has 0 saturated carbocycles. The van der Waals surface area contributed by atoms with Crippen LogP contribution in [-0.4, -0.2) is 44.0 Å². The topological polar surface area (TPSA) is 88.8 Å². The largest absolute Gasteiger partial charge is 0.354 e. The number of aryl methyl sites for hydroxylation is 1. The first-order valence-electron chi connectivity index (χ1n) is 10.6. The average Bonchev–Trinajstić information content (AvgIpc) is 3.34. The Hall–Kier alpha value is -3.29. The molecule has 1 aliphatic rings. The monoisotopic (exact) mass is 405 g/mol. The highest BCUT2D eigenvalue weighted by Crippen LogP contribution is 2.23. The zero-order valence-corrected chi connectivity index (χ0v) is 17.2. The van der Waals surface area contributed by atoms with E-state index in [1.807, 2.05) is 24.3 Å². The van der Waals surface area contributed by atoms with Gasteiger partial charge in [0.15, 0.2) is 11.6 Å². The van der Waals surface area contributed by atoms with Crippen molar-refractivity contribution in [3.8, 4) is 5.82 Å². The number of aromatic nitrogens is 5. The summed E-state index contributed by atoms with van der Waals surface area (Å²) in [6.45, 7) is 3.70. The minimum atomic E-state index is -0.0738. The van der Waals surface area contributed by atoms with Crippen molar-refractivity contribution in [3.63, 3.8) is 0 Å². The van der Waals surface area contributed by atoms with Gasteiger partial charge in [-0.15, -0.1) is 10.2 Å². The number of benzene rings is 1. The molecule has 30 heavy (non-hydrogen) atoms. The molecule has 3 aromatic rings. The van der Waals surface area contributed by atoms with Gasteiger partial charge < -0.3 is 10.2 Å². The van der Waals surface area contributed by atoms with Crippen LogP contribution < -0.4 is 10.2 Å². The molecule has 1 N–H and O–H groups in total. The summed E-state index contributed by atoms with van der Waals surface area (Å²) in [5, 5.41) is 15.7. The molecule has 4 rings (SSSR count). The van der Waals surface area contributed by atoms with Gasteiger partial charge in [-0.3, -0.25) is 4.79 Å². The molecule has 1 aromatic carbocycles. The maximum absolute atomic E-state index is 12.8. The Labute approximate surface area is 176 Å². The fraction of sp³-hybridized carbons (Fsp3) is 0.409. The summed E-state index contributed by atoms with van der Waals surface area (Å²) in [4.78, 5) is 18.9. The summed E-state index contributed by atoms with van der Waals surface area (Å²) in [7, 11) is 0. The van der Waals surface area contributed by atoms with Gasteiger partial charge in [0.05, 0.1) is 5.92 Å². The average molecular weight is 406 g/mol. The molecule has 1 amide bonds. The Morgan fingerprint density at radius 2 is 1.93 bits per heavy atom. The molecular weight excluding hydrogens is 378 g/mol. The Balaban J connectivity index is 1.35. The van der Waals surface area contributed by atoms with Crippen LogP contribution in [0.3, 0.4) is 0 Å². The SMILES string of the molecule is CCCCc1ccc(NC(=O)C2CCCN(c3ccc(-n4cncn4)nn3)C2)cc1. The molecule has 1 fully saturated rings. The predicted molar refractivity (Wildman–Crippen MR) is 116 cm³/mol. The van der Waals surface area contributed by atoms with Gasteiger partial charge in [0, 0.05) is 18.8 Å². The first-order valence-corrected chi connectivity index (χ1v) is 10.6. The first kappa shape index (κ1) is 20.0. The van der Waals surface area contributed by atoms with E-state index in [0.717, 1.165) is 37.3 Å². The van der Waals surface area contributed by atoms with Gasteiger partial charge in [0.1, 0.15) is 12.7 Å². The first-order chi connectivity index (χ1) is 14.7. The fourth-order valence-corrected chi connectivity index (χ4v) is 3.71. The van der Waals surface area contributed by atoms with Crippen LogP contribution in [0, 0.1) is 5.92 Å². The summed E-state index contributed by atoms with van der Waals surface area (Å²) in [6, 6.07) is 12.0. The maximum Gasteiger partial charge on any atom is 0.229 e. The summed E-state index contributed by atoms with van der Waals surface area (Å²) in [5.74, 6) is 1.38. The van der Waals surface area contributed by atoms with Crippen molar-refractivity contribution in [2.45, 2.75) is 39.0 Å². The van der Waals surface area contributed by atoms with E-state index in [9.17, 15) is 4.79 Å². The van der Waals surface area contributed by atoms with Crippen molar-refractivity contribution in [3.05, 3.63) is 54.6 Å². The van der Waals surface area contributed by atoms with Crippen LogP contribution >= 0.6 is 0 Å². The Bertz CT molecular complexity index is 939. The summed E-state index contributed by atoms with van der Waals surface area (Å²) < 4.78 is 1.57. The molecule has 1 saturated heterocycles. The van der Waals surface area contributed by atoms with Crippen molar-refractivity contribution in [2.24, 2.45) is 5.92 Å². The molecule has 8 heteroatoms. The second-order valence-corrected chi connectivity index (χ2v) is 7.66. The number of anilines is 2. The van der Waals surface area contributed by atoms with E-state index in [0.29, 0.717) is 12.4 Å². The summed E-state index contributed by atoms with van der Waals surface area (Å²) in [5.41, 5.74) is 2.17. The number of amides is 1. The number of rotatable bonds is 7. The third-order valence-corrected chi connectivity index (χ3v) is 5.45. The molecule has 0 aliphatic carbocycles. The predicted octanol–water partition coefficient (Wildman–Crippen LogP) is 3.26. The second-order valence-electron chi connectivity index (χ2n) is 7.66. The minimum absolute atomic E-state index is 0.0632. The molecular formula is C22H27N7O. The Morgan fingerprint density at radius 1 is 1.13 bits per heavy atom. The number of carbonyl (C=O) groups excluding carboxylic acids is 1. The van der Waals surface area contributed by atoms with E-state index in [1.54, 1.807) is 11.0 Å². The highest BCUT2D eigenvalue weighted by Gasteiger charge is 2.27. The van der Waals surface area contributed by atoms with E-state index in [2.05, 4.69) is 49.6 Å². The summed E-state index contributed by atoms with van der Waals surface area (Å²) >= 11 is 0. The minimum Gasteiger partial charge on any atom is -0.354 e. The normalized spacial score (nSPS) is 16.4. The van der Waals surface area contributed by atoms with Gasteiger partial charge in [-0.2, -0.15) is 5.10 Å². The van der Waals surface area contributed by atoms with E-state index >= 15 is 0 Å². The van der Waals surface area contributed by atoms with Crippen LogP contribution in [-0.2, 0) is 11.2 Å². The van der Waals surface area contributed by atoms with Gasteiger partial charge in [0.25, 0.3) is 0 Å². The quantitative estimate of drug-likeness (QED) is 0.649. The number of hydrogen-bond acceptors (Lipinski definition) is 6. The van der Waals surface area contributed by atoms with Crippen LogP contribution in [0.5, 0.6) is 0 Å². The van der Waals surface area contributed by atoms with E-state index in [4.69, 9.17) is 0 Å². The number of piperidine rings is 1. The van der Waals surface area contributed by atoms with Crippen LogP contribution in [0.1, 0.15) is 38.2 Å². The lowest BCUT2D eigenvalue weighted by Crippen LogP contribution is -2.41. The van der Waals surface area contributed by atoms with E-state index in [-0.39, 0.29) is 11.8 Å². The van der Waals surface area contributed by atoms with Crippen molar-refractivity contribution < 1.29 is 4.79 Å². The lowest BCUT2D eigenvalue weighted by Gasteiger charge is -2.32. The second kappa shape index (κ2) is 9.47. The third-order valence-electron chi connectivity index (χ3n) is 5.45. The molecule has 2 aromatic heterocycles. The van der Waals surface area contributed by atoms with Gasteiger partial charge in [-0.1, -0.05) is 25.5 Å². The van der Waals surface area contributed by atoms with E-state index < -0.39 is 0 Å². The maximum atomic E-state index is 12.8. The number of carbonyl (C=O) groups is 1. The van der Waals surface area contributed by atoms with Gasteiger partial charge in [0.2, 0.25) is 5.91 Å². The van der Waals surface area contributed by atoms with Crippen LogP contribution in [0.2, 0.25) is 0 Å². The molecule has 1 unspecified atom stereocenters. The molecule has 0 radical (unpaired) electrons.